The second-order valence-electron chi connectivity index (χ2n) is 4.24. The summed E-state index contributed by atoms with van der Waals surface area (Å²) in [4.78, 5) is 8.86. The summed E-state index contributed by atoms with van der Waals surface area (Å²) in [6, 6.07) is 5.97. The summed E-state index contributed by atoms with van der Waals surface area (Å²) in [5.74, 6) is 0.324. The third kappa shape index (κ3) is 1.74. The van der Waals surface area contributed by atoms with E-state index >= 15 is 0 Å². The van der Waals surface area contributed by atoms with Gasteiger partial charge in [0, 0.05) is 6.20 Å². The molecule has 1 aromatic carbocycles. The first-order valence-corrected chi connectivity index (χ1v) is 5.29. The Morgan fingerprint density at radius 1 is 1.31 bits per heavy atom. The maximum absolute atomic E-state index is 9.07. The Morgan fingerprint density at radius 3 is 2.69 bits per heavy atom. The van der Waals surface area contributed by atoms with Gasteiger partial charge in [-0.1, -0.05) is 13.8 Å². The molecule has 3 heteroatoms. The van der Waals surface area contributed by atoms with E-state index in [1.165, 1.54) is 0 Å². The van der Waals surface area contributed by atoms with Crippen LogP contribution in [0.25, 0.3) is 11.0 Å². The van der Waals surface area contributed by atoms with Gasteiger partial charge in [0.1, 0.15) is 11.6 Å². The van der Waals surface area contributed by atoms with E-state index in [1.807, 2.05) is 19.1 Å². The van der Waals surface area contributed by atoms with Crippen molar-refractivity contribution in [2.45, 2.75) is 26.7 Å². The Kier molecular flexibility index (Phi) is 2.57. The summed E-state index contributed by atoms with van der Waals surface area (Å²) in [6.45, 7) is 6.09. The Morgan fingerprint density at radius 2 is 2.06 bits per heavy atom. The predicted octanol–water partition coefficient (Wildman–Crippen LogP) is 2.93. The second-order valence-corrected chi connectivity index (χ2v) is 4.24. The molecule has 1 aromatic heterocycles. The van der Waals surface area contributed by atoms with Crippen molar-refractivity contribution >= 4 is 11.0 Å². The zero-order chi connectivity index (χ0) is 11.7. The minimum atomic E-state index is 0.324. The van der Waals surface area contributed by atoms with Crippen LogP contribution in [-0.2, 0) is 0 Å². The monoisotopic (exact) mass is 211 g/mol. The number of fused-ring (bicyclic) bond motifs is 1. The van der Waals surface area contributed by atoms with Gasteiger partial charge in [-0.2, -0.15) is 5.26 Å². The van der Waals surface area contributed by atoms with Crippen LogP contribution in [0.1, 0.15) is 36.6 Å². The van der Waals surface area contributed by atoms with Crippen LogP contribution in [0, 0.1) is 18.3 Å². The maximum atomic E-state index is 9.07. The quantitative estimate of drug-likeness (QED) is 0.728. The molecule has 0 N–H and O–H groups in total. The fraction of sp³-hybridized carbons (Fsp3) is 0.308. The molecule has 0 spiro atoms. The summed E-state index contributed by atoms with van der Waals surface area (Å²) in [7, 11) is 0. The Balaban J connectivity index is 2.77. The van der Waals surface area contributed by atoms with Crippen molar-refractivity contribution in [3.8, 4) is 6.07 Å². The smallest absolute Gasteiger partial charge is 0.107 e. The lowest BCUT2D eigenvalue weighted by atomic mass is 10.1. The Labute approximate surface area is 94.8 Å². The van der Waals surface area contributed by atoms with Crippen molar-refractivity contribution in [2.75, 3.05) is 0 Å². The summed E-state index contributed by atoms with van der Waals surface area (Å²) in [5, 5.41) is 9.07. The molecule has 1 heterocycles. The molecule has 2 rings (SSSR count). The van der Waals surface area contributed by atoms with Crippen LogP contribution >= 0.6 is 0 Å². The molecular weight excluding hydrogens is 198 g/mol. The topological polar surface area (TPSA) is 49.6 Å². The number of nitrogens with zero attached hydrogens (tertiary/aromatic N) is 3. The third-order valence-corrected chi connectivity index (χ3v) is 2.52. The van der Waals surface area contributed by atoms with E-state index in [0.29, 0.717) is 17.0 Å². The molecule has 16 heavy (non-hydrogen) atoms. The maximum Gasteiger partial charge on any atom is 0.107 e. The van der Waals surface area contributed by atoms with Gasteiger partial charge in [0.25, 0.3) is 0 Å². The molecule has 0 unspecified atom stereocenters. The minimum absolute atomic E-state index is 0.324. The van der Waals surface area contributed by atoms with Crippen molar-refractivity contribution in [3.05, 3.63) is 35.2 Å². The molecule has 2 aromatic rings. The summed E-state index contributed by atoms with van der Waals surface area (Å²) >= 11 is 0. The molecule has 0 aliphatic carbocycles. The van der Waals surface area contributed by atoms with Crippen molar-refractivity contribution in [1.82, 2.24) is 9.97 Å². The summed E-state index contributed by atoms with van der Waals surface area (Å²) < 4.78 is 0. The summed E-state index contributed by atoms with van der Waals surface area (Å²) in [6.07, 6.45) is 1.79. The highest BCUT2D eigenvalue weighted by Gasteiger charge is 2.08. The van der Waals surface area contributed by atoms with Crippen molar-refractivity contribution in [2.24, 2.45) is 0 Å². The normalized spacial score (nSPS) is 10.7. The highest BCUT2D eigenvalue weighted by atomic mass is 14.8. The van der Waals surface area contributed by atoms with E-state index in [1.54, 1.807) is 6.20 Å². The highest BCUT2D eigenvalue weighted by Crippen LogP contribution is 2.19. The largest absolute Gasteiger partial charge is 0.253 e. The van der Waals surface area contributed by atoms with Gasteiger partial charge in [-0.25, -0.2) is 4.98 Å². The van der Waals surface area contributed by atoms with Crippen molar-refractivity contribution in [1.29, 1.82) is 5.26 Å². The Hall–Kier alpha value is -1.95. The van der Waals surface area contributed by atoms with Gasteiger partial charge < -0.3 is 0 Å². The molecule has 0 atom stereocenters. The van der Waals surface area contributed by atoms with Crippen LogP contribution in [0.5, 0.6) is 0 Å². The van der Waals surface area contributed by atoms with Gasteiger partial charge in [0.05, 0.1) is 16.8 Å². The first kappa shape index (κ1) is 10.6. The van der Waals surface area contributed by atoms with E-state index in [0.717, 1.165) is 16.8 Å². The fourth-order valence-corrected chi connectivity index (χ4v) is 1.63. The lowest BCUT2D eigenvalue weighted by molar-refractivity contribution is 0.821. The standard InChI is InChI=1S/C13H13N3/c1-8(2)12-7-15-11-5-9(3)4-10(6-14)13(11)16-12/h4-5,7-8H,1-3H3. The van der Waals surface area contributed by atoms with E-state index in [-0.39, 0.29) is 0 Å². The van der Waals surface area contributed by atoms with Gasteiger partial charge in [-0.05, 0) is 30.5 Å². The van der Waals surface area contributed by atoms with Gasteiger partial charge >= 0.3 is 0 Å². The molecule has 0 radical (unpaired) electrons. The van der Waals surface area contributed by atoms with Gasteiger partial charge in [-0.15, -0.1) is 0 Å². The predicted molar refractivity (Wildman–Crippen MR) is 63.1 cm³/mol. The number of aryl methyl sites for hydroxylation is 1. The lowest BCUT2D eigenvalue weighted by Crippen LogP contribution is -1.97. The molecule has 80 valence electrons. The Bertz CT molecular complexity index is 579. The van der Waals surface area contributed by atoms with Gasteiger partial charge in [-0.3, -0.25) is 4.98 Å². The van der Waals surface area contributed by atoms with Crippen LogP contribution in [-0.4, -0.2) is 9.97 Å². The fourth-order valence-electron chi connectivity index (χ4n) is 1.63. The van der Waals surface area contributed by atoms with Gasteiger partial charge in [0.15, 0.2) is 0 Å². The zero-order valence-corrected chi connectivity index (χ0v) is 9.65. The molecule has 0 saturated heterocycles. The molecule has 0 aliphatic rings. The van der Waals surface area contributed by atoms with Crippen molar-refractivity contribution in [3.63, 3.8) is 0 Å². The molecule has 0 aliphatic heterocycles. The first-order chi connectivity index (χ1) is 7.61. The molecule has 3 nitrogen and oxygen atoms in total. The average Bonchev–Trinajstić information content (AvgIpc) is 2.27. The number of nitriles is 1. The molecular formula is C13H13N3. The van der Waals surface area contributed by atoms with Crippen molar-refractivity contribution < 1.29 is 0 Å². The number of benzene rings is 1. The van der Waals surface area contributed by atoms with Crippen LogP contribution in [0.3, 0.4) is 0 Å². The van der Waals surface area contributed by atoms with E-state index < -0.39 is 0 Å². The lowest BCUT2D eigenvalue weighted by Gasteiger charge is -2.06. The van der Waals surface area contributed by atoms with E-state index in [9.17, 15) is 0 Å². The van der Waals surface area contributed by atoms with E-state index in [2.05, 4.69) is 29.9 Å². The molecule has 0 saturated carbocycles. The highest BCUT2D eigenvalue weighted by molar-refractivity contribution is 5.81. The number of aromatic nitrogens is 2. The molecule has 0 amide bonds. The van der Waals surface area contributed by atoms with E-state index in [4.69, 9.17) is 5.26 Å². The third-order valence-electron chi connectivity index (χ3n) is 2.52. The molecule has 0 bridgehead atoms. The summed E-state index contributed by atoms with van der Waals surface area (Å²) in [5.41, 5.74) is 4.06. The first-order valence-electron chi connectivity index (χ1n) is 5.29. The number of hydrogen-bond acceptors (Lipinski definition) is 3. The SMILES string of the molecule is Cc1cc(C#N)c2nc(C(C)C)cnc2c1. The van der Waals surface area contributed by atoms with Crippen LogP contribution in [0.15, 0.2) is 18.3 Å². The van der Waals surface area contributed by atoms with Gasteiger partial charge in [0.2, 0.25) is 0 Å². The van der Waals surface area contributed by atoms with Crippen LogP contribution in [0.2, 0.25) is 0 Å². The zero-order valence-electron chi connectivity index (χ0n) is 9.65. The minimum Gasteiger partial charge on any atom is -0.253 e. The average molecular weight is 211 g/mol. The number of rotatable bonds is 1. The second kappa shape index (κ2) is 3.90. The molecule has 0 fully saturated rings. The number of hydrogen-bond donors (Lipinski definition) is 0. The van der Waals surface area contributed by atoms with Crippen LogP contribution in [0.4, 0.5) is 0 Å². The van der Waals surface area contributed by atoms with Crippen LogP contribution < -0.4 is 0 Å².